The number of unbranched alkanes of at least 4 members (excludes halogenated alkanes) is 1. The number of likely N-dealkylation sites (tertiary alicyclic amines) is 1. The molecule has 1 aromatic carbocycles. The van der Waals surface area contributed by atoms with Gasteiger partial charge in [0.25, 0.3) is 0 Å². The Balaban J connectivity index is 1.62. The number of phenolic OH excluding ortho intramolecular Hbond substituents is 1. The lowest BCUT2D eigenvalue weighted by Gasteiger charge is -2.72. The number of aliphatic hydroxyl groups is 1. The van der Waals surface area contributed by atoms with Gasteiger partial charge in [0, 0.05) is 30.0 Å². The summed E-state index contributed by atoms with van der Waals surface area (Å²) in [7, 11) is 4.01. The lowest BCUT2D eigenvalue weighted by Crippen LogP contribution is -2.80. The molecule has 2 heterocycles. The zero-order valence-corrected chi connectivity index (χ0v) is 19.1. The Labute approximate surface area is 185 Å². The Bertz CT molecular complexity index is 972. The van der Waals surface area contributed by atoms with Gasteiger partial charge >= 0.3 is 0 Å². The van der Waals surface area contributed by atoms with Crippen LogP contribution in [-0.4, -0.2) is 59.2 Å². The highest BCUT2D eigenvalue weighted by molar-refractivity contribution is 5.65. The van der Waals surface area contributed by atoms with Gasteiger partial charge < -0.3 is 24.6 Å². The Morgan fingerprint density at radius 2 is 2.13 bits per heavy atom. The maximum absolute atomic E-state index is 11.8. The van der Waals surface area contributed by atoms with Gasteiger partial charge in [-0.2, -0.15) is 0 Å². The van der Waals surface area contributed by atoms with Crippen LogP contribution in [0.1, 0.15) is 57.1 Å². The van der Waals surface area contributed by atoms with Gasteiger partial charge in [-0.3, -0.25) is 0 Å². The first-order valence-corrected chi connectivity index (χ1v) is 12.0. The zero-order chi connectivity index (χ0) is 21.8. The predicted octanol–water partition coefficient (Wildman–Crippen LogP) is 3.55. The highest BCUT2D eigenvalue weighted by atomic mass is 16.6. The monoisotopic (exact) mass is 425 g/mol. The topological polar surface area (TPSA) is 62.2 Å². The van der Waals surface area contributed by atoms with Crippen molar-refractivity contribution in [3.05, 3.63) is 35.4 Å². The fourth-order valence-corrected chi connectivity index (χ4v) is 8.47. The van der Waals surface area contributed by atoms with E-state index < -0.39 is 11.2 Å². The minimum Gasteiger partial charge on any atom is -0.504 e. The summed E-state index contributed by atoms with van der Waals surface area (Å²) in [4.78, 5) is 2.52. The molecule has 0 amide bonds. The van der Waals surface area contributed by atoms with Crippen LogP contribution in [0.15, 0.2) is 24.3 Å². The minimum absolute atomic E-state index is 0.0633. The summed E-state index contributed by atoms with van der Waals surface area (Å²) >= 11 is 0. The van der Waals surface area contributed by atoms with Crippen LogP contribution in [0.25, 0.3) is 0 Å². The Morgan fingerprint density at radius 1 is 1.32 bits per heavy atom. The molecule has 1 unspecified atom stereocenters. The van der Waals surface area contributed by atoms with E-state index in [2.05, 4.69) is 37.1 Å². The number of nitrogens with zero attached hydrogens (tertiary/aromatic N) is 1. The number of ether oxygens (including phenoxy) is 2. The van der Waals surface area contributed by atoms with Gasteiger partial charge in [-0.05, 0) is 57.8 Å². The summed E-state index contributed by atoms with van der Waals surface area (Å²) in [5.74, 6) is 0.829. The van der Waals surface area contributed by atoms with Gasteiger partial charge in [-0.15, -0.1) is 0 Å². The molecule has 0 radical (unpaired) electrons. The molecule has 5 nitrogen and oxygen atoms in total. The number of hydrogen-bond donors (Lipinski definition) is 2. The van der Waals surface area contributed by atoms with E-state index >= 15 is 0 Å². The normalized spacial score (nSPS) is 43.5. The van der Waals surface area contributed by atoms with E-state index in [1.807, 2.05) is 6.92 Å². The van der Waals surface area contributed by atoms with Crippen LogP contribution in [0.2, 0.25) is 0 Å². The number of rotatable bonds is 5. The van der Waals surface area contributed by atoms with Crippen molar-refractivity contribution < 1.29 is 19.7 Å². The lowest BCUT2D eigenvalue weighted by molar-refractivity contribution is -0.247. The second-order valence-corrected chi connectivity index (χ2v) is 11.0. The molecular formula is C26H35NO4. The van der Waals surface area contributed by atoms with E-state index in [1.165, 1.54) is 11.1 Å². The summed E-state index contributed by atoms with van der Waals surface area (Å²) in [6.45, 7) is 5.18. The average Bonchev–Trinajstić information content (AvgIpc) is 3.14. The van der Waals surface area contributed by atoms with Crippen molar-refractivity contribution in [2.75, 3.05) is 20.7 Å². The molecular weight excluding hydrogens is 390 g/mol. The van der Waals surface area contributed by atoms with Crippen molar-refractivity contribution in [3.63, 3.8) is 0 Å². The number of piperidine rings is 1. The van der Waals surface area contributed by atoms with Crippen molar-refractivity contribution in [1.82, 2.24) is 4.90 Å². The summed E-state index contributed by atoms with van der Waals surface area (Å²) in [5, 5.41) is 22.6. The van der Waals surface area contributed by atoms with Crippen molar-refractivity contribution in [2.24, 2.45) is 11.3 Å². The first-order valence-electron chi connectivity index (χ1n) is 12.0. The SMILES string of the molecule is CCCC[C@@](C)(O)C1C[C@@]23C=C[C@]1(OC)[C@@H]1Oc4c(O)ccc5c4[C@@]12CCN(C)[C@@H]3C5. The van der Waals surface area contributed by atoms with Crippen LogP contribution < -0.4 is 4.74 Å². The number of aromatic hydroxyl groups is 1. The molecule has 7 atom stereocenters. The average molecular weight is 426 g/mol. The smallest absolute Gasteiger partial charge is 0.165 e. The maximum Gasteiger partial charge on any atom is 0.165 e. The molecule has 4 aliphatic carbocycles. The summed E-state index contributed by atoms with van der Waals surface area (Å²) in [6, 6.07) is 4.24. The quantitative estimate of drug-likeness (QED) is 0.707. The highest BCUT2D eigenvalue weighted by Gasteiger charge is 2.80. The second kappa shape index (κ2) is 6.06. The largest absolute Gasteiger partial charge is 0.504 e. The van der Waals surface area contributed by atoms with Gasteiger partial charge in [0.15, 0.2) is 11.5 Å². The van der Waals surface area contributed by atoms with Crippen LogP contribution in [-0.2, 0) is 16.6 Å². The van der Waals surface area contributed by atoms with Crippen molar-refractivity contribution in [1.29, 1.82) is 0 Å². The Morgan fingerprint density at radius 3 is 2.87 bits per heavy atom. The number of likely N-dealkylation sites (N-methyl/N-ethyl adjacent to an activating group) is 1. The van der Waals surface area contributed by atoms with Crippen LogP contribution in [0.4, 0.5) is 0 Å². The first-order chi connectivity index (χ1) is 14.8. The molecule has 7 rings (SSSR count). The third kappa shape index (κ3) is 2.05. The number of benzene rings is 1. The van der Waals surface area contributed by atoms with E-state index in [0.29, 0.717) is 11.8 Å². The van der Waals surface area contributed by atoms with Gasteiger partial charge in [-0.1, -0.05) is 38.0 Å². The minimum atomic E-state index is -0.848. The molecule has 1 saturated carbocycles. The van der Waals surface area contributed by atoms with Crippen LogP contribution >= 0.6 is 0 Å². The second-order valence-electron chi connectivity index (χ2n) is 11.0. The lowest BCUT2D eigenvalue weighted by atomic mass is 9.36. The van der Waals surface area contributed by atoms with E-state index in [4.69, 9.17) is 9.47 Å². The molecule has 2 N–H and O–H groups in total. The number of methoxy groups -OCH3 is 1. The Hall–Kier alpha value is -1.56. The van der Waals surface area contributed by atoms with E-state index in [0.717, 1.165) is 45.1 Å². The molecule has 1 saturated heterocycles. The van der Waals surface area contributed by atoms with Crippen LogP contribution in [0, 0.1) is 11.3 Å². The number of phenols is 1. The van der Waals surface area contributed by atoms with Gasteiger partial charge in [0.1, 0.15) is 11.7 Å². The van der Waals surface area contributed by atoms with E-state index in [-0.39, 0.29) is 28.6 Å². The number of hydrogen-bond acceptors (Lipinski definition) is 5. The predicted molar refractivity (Wildman–Crippen MR) is 119 cm³/mol. The molecule has 2 fully saturated rings. The number of fused-ring (bicyclic) bond motifs is 1. The molecule has 6 aliphatic rings. The van der Waals surface area contributed by atoms with E-state index in [1.54, 1.807) is 13.2 Å². The molecule has 2 spiro atoms. The van der Waals surface area contributed by atoms with Gasteiger partial charge in [-0.25, -0.2) is 0 Å². The van der Waals surface area contributed by atoms with Crippen LogP contribution in [0.3, 0.4) is 0 Å². The molecule has 2 aliphatic heterocycles. The molecule has 31 heavy (non-hydrogen) atoms. The molecule has 5 heteroatoms. The van der Waals surface area contributed by atoms with Crippen molar-refractivity contribution in [3.8, 4) is 11.5 Å². The fraction of sp³-hybridized carbons (Fsp3) is 0.692. The van der Waals surface area contributed by atoms with Gasteiger partial charge in [0.05, 0.1) is 11.0 Å². The first kappa shape index (κ1) is 20.1. The fourth-order valence-electron chi connectivity index (χ4n) is 8.47. The molecule has 0 aromatic heterocycles. The third-order valence-corrected chi connectivity index (χ3v) is 9.86. The van der Waals surface area contributed by atoms with Crippen molar-refractivity contribution >= 4 is 0 Å². The van der Waals surface area contributed by atoms with Crippen LogP contribution in [0.5, 0.6) is 11.5 Å². The highest BCUT2D eigenvalue weighted by Crippen LogP contribution is 2.75. The summed E-state index contributed by atoms with van der Waals surface area (Å²) in [5.41, 5.74) is 0.627. The molecule has 168 valence electrons. The zero-order valence-electron chi connectivity index (χ0n) is 19.1. The third-order valence-electron chi connectivity index (χ3n) is 9.86. The van der Waals surface area contributed by atoms with E-state index in [9.17, 15) is 10.2 Å². The standard InChI is InChI=1S/C26H35NO4/c1-5-6-9-23(2,29)18-15-24-10-11-26(18,30-4)22-25(24)12-13-27(3)19(24)14-16-7-8-17(28)21(31-22)20(16)25/h7-8,10-11,18-19,22,28-29H,5-6,9,12-15H2,1-4H3/t18?,19-,22-,23-,24-,25+,26-/m1/s1. The van der Waals surface area contributed by atoms with Gasteiger partial charge in [0.2, 0.25) is 0 Å². The Kier molecular flexibility index (Phi) is 3.93. The summed E-state index contributed by atoms with van der Waals surface area (Å²) < 4.78 is 13.1. The van der Waals surface area contributed by atoms with Crippen molar-refractivity contribution in [2.45, 2.75) is 81.1 Å². The molecule has 4 bridgehead atoms. The summed E-state index contributed by atoms with van der Waals surface area (Å²) in [6.07, 6.45) is 10.0. The maximum atomic E-state index is 11.8. The molecule has 1 aromatic rings.